The fourth-order valence-electron chi connectivity index (χ4n) is 1.35. The molecular weight excluding hydrogens is 216 g/mol. The molecule has 1 aromatic carbocycles. The van der Waals surface area contributed by atoms with Crippen LogP contribution in [0.3, 0.4) is 0 Å². The number of hydrogen-bond acceptors (Lipinski definition) is 3. The molecular formula is C12H12N4O. The number of anilines is 2. The van der Waals surface area contributed by atoms with Gasteiger partial charge in [0.1, 0.15) is 0 Å². The number of nitrogens with zero attached hydrogens (tertiary/aromatic N) is 2. The monoisotopic (exact) mass is 228 g/mol. The normalized spacial score (nSPS) is 9.71. The highest BCUT2D eigenvalue weighted by Crippen LogP contribution is 2.13. The van der Waals surface area contributed by atoms with Crippen molar-refractivity contribution in [2.45, 2.75) is 6.92 Å². The van der Waals surface area contributed by atoms with E-state index < -0.39 is 0 Å². The second-order valence-corrected chi connectivity index (χ2v) is 3.50. The molecule has 2 N–H and O–H groups in total. The van der Waals surface area contributed by atoms with E-state index in [0.29, 0.717) is 5.82 Å². The Kier molecular flexibility index (Phi) is 3.30. The van der Waals surface area contributed by atoms with Crippen molar-refractivity contribution in [3.05, 3.63) is 48.2 Å². The number of urea groups is 1. The predicted octanol–water partition coefficient (Wildman–Crippen LogP) is 2.43. The van der Waals surface area contributed by atoms with Crippen molar-refractivity contribution < 1.29 is 4.79 Å². The van der Waals surface area contributed by atoms with E-state index in [9.17, 15) is 4.79 Å². The summed E-state index contributed by atoms with van der Waals surface area (Å²) in [5.74, 6) is 0.415. The van der Waals surface area contributed by atoms with Crippen LogP contribution in [0.5, 0.6) is 0 Å². The van der Waals surface area contributed by atoms with E-state index in [1.165, 1.54) is 0 Å². The molecule has 0 radical (unpaired) electrons. The lowest BCUT2D eigenvalue weighted by Gasteiger charge is -2.08. The van der Waals surface area contributed by atoms with Gasteiger partial charge in [-0.25, -0.2) is 4.79 Å². The third-order valence-electron chi connectivity index (χ3n) is 2.21. The number of rotatable bonds is 2. The third-order valence-corrected chi connectivity index (χ3v) is 2.21. The Balaban J connectivity index is 2.01. The lowest BCUT2D eigenvalue weighted by molar-refractivity contribution is 0.262. The SMILES string of the molecule is Cc1ccccc1NC(=O)Nc1cccnn1. The quantitative estimate of drug-likeness (QED) is 0.829. The van der Waals surface area contributed by atoms with Crippen LogP contribution in [0.15, 0.2) is 42.6 Å². The second-order valence-electron chi connectivity index (χ2n) is 3.50. The van der Waals surface area contributed by atoms with Gasteiger partial charge >= 0.3 is 6.03 Å². The first-order valence-corrected chi connectivity index (χ1v) is 5.17. The van der Waals surface area contributed by atoms with Crippen molar-refractivity contribution in [2.24, 2.45) is 0 Å². The first kappa shape index (κ1) is 11.1. The van der Waals surface area contributed by atoms with Gasteiger partial charge in [0.25, 0.3) is 0 Å². The summed E-state index contributed by atoms with van der Waals surface area (Å²) < 4.78 is 0. The van der Waals surface area contributed by atoms with Crippen LogP contribution in [0.2, 0.25) is 0 Å². The summed E-state index contributed by atoms with van der Waals surface area (Å²) in [7, 11) is 0. The Morgan fingerprint density at radius 1 is 1.12 bits per heavy atom. The predicted molar refractivity (Wildman–Crippen MR) is 65.9 cm³/mol. The fraction of sp³-hybridized carbons (Fsp3) is 0.0833. The molecule has 5 nitrogen and oxygen atoms in total. The Bertz CT molecular complexity index is 513. The summed E-state index contributed by atoms with van der Waals surface area (Å²) in [6.07, 6.45) is 1.55. The first-order valence-electron chi connectivity index (χ1n) is 5.17. The van der Waals surface area contributed by atoms with Gasteiger partial charge in [0, 0.05) is 11.9 Å². The summed E-state index contributed by atoms with van der Waals surface area (Å²) >= 11 is 0. The molecule has 0 aliphatic carbocycles. The van der Waals surface area contributed by atoms with Gasteiger partial charge in [-0.1, -0.05) is 18.2 Å². The number of hydrogen-bond donors (Lipinski definition) is 2. The van der Waals surface area contributed by atoms with E-state index in [4.69, 9.17) is 0 Å². The summed E-state index contributed by atoms with van der Waals surface area (Å²) in [6, 6.07) is 10.6. The largest absolute Gasteiger partial charge is 0.324 e. The molecule has 0 aliphatic rings. The van der Waals surface area contributed by atoms with Gasteiger partial charge in [0.15, 0.2) is 5.82 Å². The minimum atomic E-state index is -0.334. The molecule has 1 aromatic heterocycles. The summed E-state index contributed by atoms with van der Waals surface area (Å²) in [5, 5.41) is 12.8. The van der Waals surface area contributed by atoms with E-state index in [-0.39, 0.29) is 6.03 Å². The second kappa shape index (κ2) is 5.07. The van der Waals surface area contributed by atoms with Gasteiger partial charge in [-0.3, -0.25) is 5.32 Å². The van der Waals surface area contributed by atoms with Crippen molar-refractivity contribution in [1.82, 2.24) is 10.2 Å². The molecule has 2 rings (SSSR count). The van der Waals surface area contributed by atoms with Crippen molar-refractivity contribution >= 4 is 17.5 Å². The minimum absolute atomic E-state index is 0.334. The molecule has 0 saturated heterocycles. The number of para-hydroxylation sites is 1. The summed E-state index contributed by atoms with van der Waals surface area (Å²) in [5.41, 5.74) is 1.77. The third kappa shape index (κ3) is 3.01. The van der Waals surface area contributed by atoms with Crippen molar-refractivity contribution in [1.29, 1.82) is 0 Å². The molecule has 0 fully saturated rings. The number of aromatic nitrogens is 2. The van der Waals surface area contributed by atoms with Crippen molar-refractivity contribution in [3.63, 3.8) is 0 Å². The molecule has 0 unspecified atom stereocenters. The van der Waals surface area contributed by atoms with Gasteiger partial charge in [-0.05, 0) is 30.7 Å². The zero-order valence-electron chi connectivity index (χ0n) is 9.34. The number of nitrogens with one attached hydrogen (secondary N) is 2. The van der Waals surface area contributed by atoms with Crippen LogP contribution in [0.4, 0.5) is 16.3 Å². The average Bonchev–Trinajstić information content (AvgIpc) is 2.33. The first-order chi connectivity index (χ1) is 8.25. The van der Waals surface area contributed by atoms with Crippen LogP contribution in [-0.2, 0) is 0 Å². The topological polar surface area (TPSA) is 66.9 Å². The smallest absolute Gasteiger partial charge is 0.307 e. The van der Waals surface area contributed by atoms with E-state index in [1.54, 1.807) is 18.3 Å². The molecule has 1 heterocycles. The molecule has 0 aliphatic heterocycles. The molecule has 17 heavy (non-hydrogen) atoms. The lowest BCUT2D eigenvalue weighted by Crippen LogP contribution is -2.20. The van der Waals surface area contributed by atoms with Crippen LogP contribution in [0.1, 0.15) is 5.56 Å². The van der Waals surface area contributed by atoms with Crippen LogP contribution in [0.25, 0.3) is 0 Å². The molecule has 0 atom stereocenters. The van der Waals surface area contributed by atoms with Gasteiger partial charge in [0.2, 0.25) is 0 Å². The number of carbonyl (C=O) groups is 1. The molecule has 86 valence electrons. The van der Waals surface area contributed by atoms with Gasteiger partial charge in [0.05, 0.1) is 0 Å². The maximum atomic E-state index is 11.6. The van der Waals surface area contributed by atoms with Crippen LogP contribution < -0.4 is 10.6 Å². The molecule has 0 bridgehead atoms. The van der Waals surface area contributed by atoms with Crippen LogP contribution >= 0.6 is 0 Å². The Morgan fingerprint density at radius 2 is 1.94 bits per heavy atom. The number of amides is 2. The van der Waals surface area contributed by atoms with E-state index in [1.807, 2.05) is 31.2 Å². The maximum absolute atomic E-state index is 11.6. The Hall–Kier alpha value is -2.43. The number of benzene rings is 1. The summed E-state index contributed by atoms with van der Waals surface area (Å²) in [4.78, 5) is 11.6. The van der Waals surface area contributed by atoms with Crippen LogP contribution in [0, 0.1) is 6.92 Å². The molecule has 0 spiro atoms. The van der Waals surface area contributed by atoms with E-state index >= 15 is 0 Å². The van der Waals surface area contributed by atoms with Gasteiger partial charge in [-0.2, -0.15) is 5.10 Å². The minimum Gasteiger partial charge on any atom is -0.307 e. The highest BCUT2D eigenvalue weighted by Gasteiger charge is 2.04. The van der Waals surface area contributed by atoms with E-state index in [0.717, 1.165) is 11.3 Å². The highest BCUT2D eigenvalue weighted by atomic mass is 16.2. The standard InChI is InChI=1S/C12H12N4O/c1-9-5-2-3-6-10(9)14-12(17)15-11-7-4-8-13-16-11/h2-8H,1H3,(H2,14,15,16,17). The molecule has 2 amide bonds. The van der Waals surface area contributed by atoms with Gasteiger partial charge in [-0.15, -0.1) is 5.10 Å². The number of carbonyl (C=O) groups excluding carboxylic acids is 1. The van der Waals surface area contributed by atoms with E-state index in [2.05, 4.69) is 20.8 Å². The Labute approximate surface area is 98.9 Å². The zero-order valence-corrected chi connectivity index (χ0v) is 9.34. The maximum Gasteiger partial charge on any atom is 0.324 e. The van der Waals surface area contributed by atoms with Crippen molar-refractivity contribution in [3.8, 4) is 0 Å². The highest BCUT2D eigenvalue weighted by molar-refractivity contribution is 5.99. The average molecular weight is 228 g/mol. The molecule has 0 saturated carbocycles. The lowest BCUT2D eigenvalue weighted by atomic mass is 10.2. The Morgan fingerprint density at radius 3 is 2.65 bits per heavy atom. The number of aryl methyl sites for hydroxylation is 1. The van der Waals surface area contributed by atoms with Gasteiger partial charge < -0.3 is 5.32 Å². The molecule has 2 aromatic rings. The zero-order chi connectivity index (χ0) is 12.1. The molecule has 5 heteroatoms. The van der Waals surface area contributed by atoms with Crippen molar-refractivity contribution in [2.75, 3.05) is 10.6 Å². The summed E-state index contributed by atoms with van der Waals surface area (Å²) in [6.45, 7) is 1.93. The fourth-order valence-corrected chi connectivity index (χ4v) is 1.35. The van der Waals surface area contributed by atoms with Crippen LogP contribution in [-0.4, -0.2) is 16.2 Å².